The predicted molar refractivity (Wildman–Crippen MR) is 103 cm³/mol. The highest BCUT2D eigenvalue weighted by Crippen LogP contribution is 2.22. The van der Waals surface area contributed by atoms with Gasteiger partial charge in [0, 0.05) is 31.0 Å². The van der Waals surface area contributed by atoms with E-state index in [1.165, 1.54) is 36.4 Å². The minimum absolute atomic E-state index is 0.109. The molecule has 9 heteroatoms. The molecule has 0 aromatic heterocycles. The van der Waals surface area contributed by atoms with Gasteiger partial charge in [-0.2, -0.15) is 0 Å². The summed E-state index contributed by atoms with van der Waals surface area (Å²) in [6.07, 6.45) is 0.575. The minimum atomic E-state index is -3.60. The summed E-state index contributed by atoms with van der Waals surface area (Å²) in [5, 5.41) is 3.32. The first kappa shape index (κ1) is 20.7. The van der Waals surface area contributed by atoms with Crippen LogP contribution in [0.2, 0.25) is 10.0 Å². The van der Waals surface area contributed by atoms with Gasteiger partial charge in [-0.15, -0.1) is 0 Å². The molecule has 0 bridgehead atoms. The highest BCUT2D eigenvalue weighted by atomic mass is 35.5. The van der Waals surface area contributed by atoms with Gasteiger partial charge in [-0.3, -0.25) is 4.79 Å². The zero-order valence-electron chi connectivity index (χ0n) is 14.0. The topological polar surface area (TPSA) is 84.5 Å². The Morgan fingerprint density at radius 1 is 1.12 bits per heavy atom. The molecule has 0 spiro atoms. The van der Waals surface area contributed by atoms with E-state index in [4.69, 9.17) is 27.9 Å². The van der Waals surface area contributed by atoms with E-state index in [0.29, 0.717) is 23.7 Å². The number of carbonyl (C=O) groups is 1. The Labute approximate surface area is 162 Å². The SMILES string of the molecule is COCCCNS(=O)(=O)c1ccc(NC(=O)c2ccc(Cl)cc2Cl)cc1. The Morgan fingerprint density at radius 2 is 1.81 bits per heavy atom. The fraction of sp³-hybridized carbons (Fsp3) is 0.235. The zero-order chi connectivity index (χ0) is 19.2. The summed E-state index contributed by atoms with van der Waals surface area (Å²) in [4.78, 5) is 12.4. The Bertz CT molecular complexity index is 871. The van der Waals surface area contributed by atoms with E-state index in [9.17, 15) is 13.2 Å². The van der Waals surface area contributed by atoms with E-state index in [-0.39, 0.29) is 22.0 Å². The van der Waals surface area contributed by atoms with Gasteiger partial charge in [0.15, 0.2) is 0 Å². The average molecular weight is 417 g/mol. The van der Waals surface area contributed by atoms with Gasteiger partial charge in [-0.05, 0) is 48.9 Å². The quantitative estimate of drug-likeness (QED) is 0.644. The van der Waals surface area contributed by atoms with Crippen LogP contribution in [-0.2, 0) is 14.8 Å². The molecule has 0 aliphatic rings. The summed E-state index contributed by atoms with van der Waals surface area (Å²) in [5.74, 6) is -0.417. The van der Waals surface area contributed by atoms with E-state index in [1.807, 2.05) is 0 Å². The molecule has 140 valence electrons. The average Bonchev–Trinajstić information content (AvgIpc) is 2.59. The number of anilines is 1. The van der Waals surface area contributed by atoms with E-state index in [1.54, 1.807) is 13.2 Å². The maximum atomic E-state index is 12.2. The lowest BCUT2D eigenvalue weighted by molar-refractivity contribution is 0.102. The summed E-state index contributed by atoms with van der Waals surface area (Å²) >= 11 is 11.8. The summed E-state index contributed by atoms with van der Waals surface area (Å²) < 4.78 is 31.7. The van der Waals surface area contributed by atoms with Gasteiger partial charge in [-0.25, -0.2) is 13.1 Å². The van der Waals surface area contributed by atoms with Crippen LogP contribution in [0.1, 0.15) is 16.8 Å². The summed E-state index contributed by atoms with van der Waals surface area (Å²) in [6, 6.07) is 10.4. The lowest BCUT2D eigenvalue weighted by atomic mass is 10.2. The van der Waals surface area contributed by atoms with Crippen LogP contribution in [0.3, 0.4) is 0 Å². The first-order valence-corrected chi connectivity index (χ1v) is 9.92. The molecule has 0 aliphatic carbocycles. The normalized spacial score (nSPS) is 11.3. The molecule has 2 N–H and O–H groups in total. The van der Waals surface area contributed by atoms with Crippen molar-refractivity contribution in [1.29, 1.82) is 0 Å². The lowest BCUT2D eigenvalue weighted by Crippen LogP contribution is -2.25. The van der Waals surface area contributed by atoms with Gasteiger partial charge in [0.1, 0.15) is 0 Å². The third-order valence-electron chi connectivity index (χ3n) is 3.42. The first-order valence-electron chi connectivity index (χ1n) is 7.68. The monoisotopic (exact) mass is 416 g/mol. The number of hydrogen-bond acceptors (Lipinski definition) is 4. The van der Waals surface area contributed by atoms with Crippen molar-refractivity contribution < 1.29 is 17.9 Å². The smallest absolute Gasteiger partial charge is 0.257 e. The second kappa shape index (κ2) is 9.34. The fourth-order valence-corrected chi connectivity index (χ4v) is 3.66. The van der Waals surface area contributed by atoms with Crippen molar-refractivity contribution in [2.45, 2.75) is 11.3 Å². The van der Waals surface area contributed by atoms with Crippen LogP contribution >= 0.6 is 23.2 Å². The van der Waals surface area contributed by atoms with Gasteiger partial charge in [-0.1, -0.05) is 23.2 Å². The van der Waals surface area contributed by atoms with Crippen LogP contribution in [0.25, 0.3) is 0 Å². The number of sulfonamides is 1. The molecule has 0 heterocycles. The van der Waals surface area contributed by atoms with Crippen LogP contribution in [0, 0.1) is 0 Å². The van der Waals surface area contributed by atoms with Crippen molar-refractivity contribution in [2.75, 3.05) is 25.6 Å². The number of methoxy groups -OCH3 is 1. The number of carbonyl (C=O) groups excluding carboxylic acids is 1. The summed E-state index contributed by atoms with van der Waals surface area (Å²) in [7, 11) is -2.05. The number of amides is 1. The van der Waals surface area contributed by atoms with Gasteiger partial charge >= 0.3 is 0 Å². The second-order valence-electron chi connectivity index (χ2n) is 5.35. The van der Waals surface area contributed by atoms with Crippen molar-refractivity contribution in [2.24, 2.45) is 0 Å². The third kappa shape index (κ3) is 5.69. The Morgan fingerprint density at radius 3 is 2.42 bits per heavy atom. The highest BCUT2D eigenvalue weighted by molar-refractivity contribution is 7.89. The molecule has 2 aromatic carbocycles. The number of hydrogen-bond donors (Lipinski definition) is 2. The van der Waals surface area contributed by atoms with Crippen molar-refractivity contribution in [3.8, 4) is 0 Å². The third-order valence-corrected chi connectivity index (χ3v) is 5.44. The minimum Gasteiger partial charge on any atom is -0.385 e. The van der Waals surface area contributed by atoms with E-state index < -0.39 is 15.9 Å². The van der Waals surface area contributed by atoms with Gasteiger partial charge < -0.3 is 10.1 Å². The van der Waals surface area contributed by atoms with Crippen LogP contribution in [0.15, 0.2) is 47.4 Å². The molecule has 0 radical (unpaired) electrons. The molecule has 2 aromatic rings. The molecule has 0 saturated heterocycles. The molecular formula is C17H18Cl2N2O4S. The maximum Gasteiger partial charge on any atom is 0.257 e. The van der Waals surface area contributed by atoms with Crippen molar-refractivity contribution >= 4 is 44.8 Å². The summed E-state index contributed by atoms with van der Waals surface area (Å²) in [5.41, 5.74) is 0.715. The van der Waals surface area contributed by atoms with E-state index in [2.05, 4.69) is 10.0 Å². The van der Waals surface area contributed by atoms with Crippen LogP contribution in [0.5, 0.6) is 0 Å². The van der Waals surface area contributed by atoms with Gasteiger partial charge in [0.25, 0.3) is 5.91 Å². The predicted octanol–water partition coefficient (Wildman–Crippen LogP) is 3.56. The van der Waals surface area contributed by atoms with Gasteiger partial charge in [0.2, 0.25) is 10.0 Å². The van der Waals surface area contributed by atoms with Crippen molar-refractivity contribution in [1.82, 2.24) is 4.72 Å². The summed E-state index contributed by atoms with van der Waals surface area (Å²) in [6.45, 7) is 0.754. The first-order chi connectivity index (χ1) is 12.3. The fourth-order valence-electron chi connectivity index (χ4n) is 2.10. The van der Waals surface area contributed by atoms with Crippen molar-refractivity contribution in [3.63, 3.8) is 0 Å². The second-order valence-corrected chi connectivity index (χ2v) is 7.96. The van der Waals surface area contributed by atoms with E-state index >= 15 is 0 Å². The largest absolute Gasteiger partial charge is 0.385 e. The number of rotatable bonds is 8. The molecule has 0 fully saturated rings. The molecule has 0 aliphatic heterocycles. The van der Waals surface area contributed by atoms with E-state index in [0.717, 1.165) is 0 Å². The highest BCUT2D eigenvalue weighted by Gasteiger charge is 2.14. The molecule has 6 nitrogen and oxygen atoms in total. The Hall–Kier alpha value is -1.64. The number of nitrogens with one attached hydrogen (secondary N) is 2. The molecule has 0 atom stereocenters. The number of halogens is 2. The lowest BCUT2D eigenvalue weighted by Gasteiger charge is -2.09. The Kier molecular flexibility index (Phi) is 7.43. The Balaban J connectivity index is 2.03. The van der Waals surface area contributed by atoms with Crippen LogP contribution in [0.4, 0.5) is 5.69 Å². The molecule has 26 heavy (non-hydrogen) atoms. The van der Waals surface area contributed by atoms with Crippen molar-refractivity contribution in [3.05, 3.63) is 58.1 Å². The molecular weight excluding hydrogens is 399 g/mol. The number of benzene rings is 2. The number of ether oxygens (including phenoxy) is 1. The molecule has 2 rings (SSSR count). The standard InChI is InChI=1S/C17H18Cl2N2O4S/c1-25-10-2-9-20-26(23,24)14-6-4-13(5-7-14)21-17(22)15-8-3-12(18)11-16(15)19/h3-8,11,20H,2,9-10H2,1H3,(H,21,22). The molecule has 0 unspecified atom stereocenters. The van der Waals surface area contributed by atoms with Gasteiger partial charge in [0.05, 0.1) is 15.5 Å². The van der Waals surface area contributed by atoms with Crippen LogP contribution < -0.4 is 10.0 Å². The zero-order valence-corrected chi connectivity index (χ0v) is 16.3. The maximum absolute atomic E-state index is 12.2. The molecule has 0 saturated carbocycles. The van der Waals surface area contributed by atoms with Crippen LogP contribution in [-0.4, -0.2) is 34.6 Å². The molecule has 1 amide bonds.